The highest BCUT2D eigenvalue weighted by atomic mass is 32.2. The van der Waals surface area contributed by atoms with Gasteiger partial charge in [-0.3, -0.25) is 18.8 Å². The maximum atomic E-state index is 13.3. The van der Waals surface area contributed by atoms with Crippen molar-refractivity contribution in [1.82, 2.24) is 10.2 Å². The van der Waals surface area contributed by atoms with Gasteiger partial charge in [0, 0.05) is 12.6 Å². The Kier molecular flexibility index (Phi) is 5.86. The highest BCUT2D eigenvalue weighted by molar-refractivity contribution is 7.92. The topological polar surface area (TPSA) is 104 Å². The normalized spacial score (nSPS) is 18.8. The molecule has 0 aliphatic carbocycles. The third-order valence-electron chi connectivity index (χ3n) is 5.40. The molecule has 1 heterocycles. The Morgan fingerprint density at radius 2 is 1.68 bits per heavy atom. The van der Waals surface area contributed by atoms with Gasteiger partial charge in [0.15, 0.2) is 5.78 Å². The number of nitrogens with zero attached hydrogens (tertiary/aromatic N) is 2. The molecule has 164 valence electrons. The van der Waals surface area contributed by atoms with Crippen LogP contribution in [0.5, 0.6) is 0 Å². The molecule has 1 saturated heterocycles. The van der Waals surface area contributed by atoms with Gasteiger partial charge in [-0.15, -0.1) is 0 Å². The molecule has 0 saturated carbocycles. The van der Waals surface area contributed by atoms with Gasteiger partial charge in [-0.05, 0) is 48.4 Å². The van der Waals surface area contributed by atoms with Crippen LogP contribution >= 0.6 is 0 Å². The first kappa shape index (κ1) is 22.4. The average Bonchev–Trinajstić information content (AvgIpc) is 2.98. The van der Waals surface area contributed by atoms with E-state index in [1.165, 1.54) is 55.6 Å². The van der Waals surface area contributed by atoms with Crippen LogP contribution in [-0.2, 0) is 20.4 Å². The maximum absolute atomic E-state index is 13.3. The number of hydrogen-bond acceptors (Lipinski definition) is 5. The molecule has 0 spiro atoms. The standard InChI is InChI=1S/C21H22FN3O5S/c1-4-21(15-7-9-16(22)10-8-15)19(27)25(20(28)23-21)13-18(26)14-5-11-17(12-6-14)24(2)31(3,29)30/h5-12H,4,13H2,1-3H3,(H,23,28)/t21-/m0/s1. The lowest BCUT2D eigenvalue weighted by molar-refractivity contribution is -0.131. The third kappa shape index (κ3) is 4.15. The highest BCUT2D eigenvalue weighted by Crippen LogP contribution is 2.32. The molecule has 2 aromatic carbocycles. The van der Waals surface area contributed by atoms with Crippen molar-refractivity contribution in [1.29, 1.82) is 0 Å². The number of benzene rings is 2. The van der Waals surface area contributed by atoms with Gasteiger partial charge >= 0.3 is 6.03 Å². The number of carbonyl (C=O) groups excluding carboxylic acids is 3. The van der Waals surface area contributed by atoms with E-state index in [0.29, 0.717) is 11.3 Å². The molecule has 10 heteroatoms. The number of rotatable bonds is 7. The number of amides is 3. The first-order valence-electron chi connectivity index (χ1n) is 9.47. The fourth-order valence-corrected chi connectivity index (χ4v) is 3.93. The summed E-state index contributed by atoms with van der Waals surface area (Å²) in [5.41, 5.74) is -0.345. The van der Waals surface area contributed by atoms with Crippen molar-refractivity contribution in [2.75, 3.05) is 24.2 Å². The Hall–Kier alpha value is -3.27. The Bertz CT molecular complexity index is 1130. The summed E-state index contributed by atoms with van der Waals surface area (Å²) in [6, 6.07) is 10.4. The number of imide groups is 1. The molecule has 0 unspecified atom stereocenters. The van der Waals surface area contributed by atoms with E-state index < -0.39 is 45.6 Å². The summed E-state index contributed by atoms with van der Waals surface area (Å²) < 4.78 is 37.6. The molecular weight excluding hydrogens is 425 g/mol. The molecule has 31 heavy (non-hydrogen) atoms. The van der Waals surface area contributed by atoms with Crippen molar-refractivity contribution in [2.45, 2.75) is 18.9 Å². The van der Waals surface area contributed by atoms with Crippen LogP contribution in [0, 0.1) is 5.82 Å². The van der Waals surface area contributed by atoms with E-state index in [9.17, 15) is 27.2 Å². The molecule has 3 amide bonds. The zero-order valence-corrected chi connectivity index (χ0v) is 18.1. The number of hydrogen-bond donors (Lipinski definition) is 1. The summed E-state index contributed by atoms with van der Waals surface area (Å²) in [4.78, 5) is 39.1. The van der Waals surface area contributed by atoms with E-state index >= 15 is 0 Å². The van der Waals surface area contributed by atoms with Crippen LogP contribution in [0.3, 0.4) is 0 Å². The molecule has 1 N–H and O–H groups in total. The first-order chi connectivity index (χ1) is 14.5. The summed E-state index contributed by atoms with van der Waals surface area (Å²) >= 11 is 0. The molecule has 0 aromatic heterocycles. The zero-order valence-electron chi connectivity index (χ0n) is 17.3. The van der Waals surface area contributed by atoms with Crippen molar-refractivity contribution in [2.24, 2.45) is 0 Å². The van der Waals surface area contributed by atoms with Crippen molar-refractivity contribution < 1.29 is 27.2 Å². The Balaban J connectivity index is 1.81. The SMILES string of the molecule is CC[C@@]1(c2ccc(F)cc2)NC(=O)N(CC(=O)c2ccc(N(C)S(C)(=O)=O)cc2)C1=O. The van der Waals surface area contributed by atoms with Gasteiger partial charge < -0.3 is 5.32 Å². The molecule has 1 atom stereocenters. The lowest BCUT2D eigenvalue weighted by Gasteiger charge is -2.25. The molecular formula is C21H22FN3O5S. The number of Topliss-reactive ketones (excluding diaryl/α,β-unsaturated/α-hetero) is 1. The second-order valence-electron chi connectivity index (χ2n) is 7.29. The van der Waals surface area contributed by atoms with Gasteiger partial charge in [0.25, 0.3) is 5.91 Å². The minimum Gasteiger partial charge on any atom is -0.319 e. The smallest absolute Gasteiger partial charge is 0.319 e. The van der Waals surface area contributed by atoms with E-state index in [4.69, 9.17) is 0 Å². The van der Waals surface area contributed by atoms with E-state index in [0.717, 1.165) is 15.5 Å². The fourth-order valence-electron chi connectivity index (χ4n) is 3.43. The highest BCUT2D eigenvalue weighted by Gasteiger charge is 2.51. The lowest BCUT2D eigenvalue weighted by atomic mass is 9.87. The monoisotopic (exact) mass is 447 g/mol. The Morgan fingerprint density at radius 1 is 1.10 bits per heavy atom. The molecule has 1 aliphatic heterocycles. The summed E-state index contributed by atoms with van der Waals surface area (Å²) in [7, 11) is -2.06. The number of ketones is 1. The number of anilines is 1. The number of nitrogens with one attached hydrogen (secondary N) is 1. The van der Waals surface area contributed by atoms with Crippen molar-refractivity contribution in [3.05, 3.63) is 65.5 Å². The number of carbonyl (C=O) groups is 3. The minimum absolute atomic E-state index is 0.223. The van der Waals surface area contributed by atoms with Gasteiger partial charge in [-0.25, -0.2) is 17.6 Å². The number of sulfonamides is 1. The van der Waals surface area contributed by atoms with E-state index in [1.54, 1.807) is 6.92 Å². The maximum Gasteiger partial charge on any atom is 0.325 e. The largest absolute Gasteiger partial charge is 0.325 e. The van der Waals surface area contributed by atoms with Crippen molar-refractivity contribution in [3.63, 3.8) is 0 Å². The van der Waals surface area contributed by atoms with E-state index in [-0.39, 0.29) is 12.0 Å². The lowest BCUT2D eigenvalue weighted by Crippen LogP contribution is -2.43. The molecule has 1 fully saturated rings. The van der Waals surface area contributed by atoms with Crippen LogP contribution in [0.2, 0.25) is 0 Å². The summed E-state index contributed by atoms with van der Waals surface area (Å²) in [6.07, 6.45) is 1.28. The number of halogens is 1. The first-order valence-corrected chi connectivity index (χ1v) is 11.3. The zero-order chi connectivity index (χ0) is 23.0. The van der Waals surface area contributed by atoms with Crippen molar-refractivity contribution in [3.8, 4) is 0 Å². The van der Waals surface area contributed by atoms with Crippen LogP contribution in [0.4, 0.5) is 14.9 Å². The van der Waals surface area contributed by atoms with Crippen LogP contribution in [0.15, 0.2) is 48.5 Å². The molecule has 8 nitrogen and oxygen atoms in total. The quantitative estimate of drug-likeness (QED) is 0.518. The van der Waals surface area contributed by atoms with Crippen LogP contribution < -0.4 is 9.62 Å². The predicted molar refractivity (Wildman–Crippen MR) is 113 cm³/mol. The van der Waals surface area contributed by atoms with Gasteiger partial charge in [0.05, 0.1) is 18.5 Å². The third-order valence-corrected chi connectivity index (χ3v) is 6.60. The van der Waals surface area contributed by atoms with Crippen molar-refractivity contribution >= 4 is 33.4 Å². The van der Waals surface area contributed by atoms with Crippen LogP contribution in [0.25, 0.3) is 0 Å². The molecule has 1 aliphatic rings. The van der Waals surface area contributed by atoms with Gasteiger partial charge in [-0.2, -0.15) is 0 Å². The predicted octanol–water partition coefficient (Wildman–Crippen LogP) is 2.26. The van der Waals surface area contributed by atoms with Crippen LogP contribution in [0.1, 0.15) is 29.3 Å². The van der Waals surface area contributed by atoms with Gasteiger partial charge in [0.2, 0.25) is 10.0 Å². The van der Waals surface area contributed by atoms with Gasteiger partial charge in [-0.1, -0.05) is 19.1 Å². The summed E-state index contributed by atoms with van der Waals surface area (Å²) in [6.45, 7) is 1.23. The second kappa shape index (κ2) is 8.10. The number of urea groups is 1. The van der Waals surface area contributed by atoms with Crippen LogP contribution in [-0.4, -0.2) is 50.9 Å². The average molecular weight is 447 g/mol. The Morgan fingerprint density at radius 3 is 2.19 bits per heavy atom. The molecule has 3 rings (SSSR count). The summed E-state index contributed by atoms with van der Waals surface area (Å²) in [5.74, 6) is -1.54. The summed E-state index contributed by atoms with van der Waals surface area (Å²) in [5, 5.41) is 2.64. The molecule has 0 radical (unpaired) electrons. The minimum atomic E-state index is -3.45. The molecule has 2 aromatic rings. The molecule has 0 bridgehead atoms. The van der Waals surface area contributed by atoms with E-state index in [2.05, 4.69) is 5.32 Å². The fraction of sp³-hybridized carbons (Fsp3) is 0.286. The van der Waals surface area contributed by atoms with E-state index in [1.807, 2.05) is 0 Å². The Labute approximate surface area is 179 Å². The van der Waals surface area contributed by atoms with Gasteiger partial charge in [0.1, 0.15) is 11.4 Å². The second-order valence-corrected chi connectivity index (χ2v) is 9.30.